The molecule has 1 rings (SSSR count). The van der Waals surface area contributed by atoms with Gasteiger partial charge in [-0.05, 0) is 12.2 Å². The van der Waals surface area contributed by atoms with Gasteiger partial charge in [0.2, 0.25) is 0 Å². The number of rotatable bonds is 0. The highest BCUT2D eigenvalue weighted by atomic mass is 32.3. The third kappa shape index (κ3) is 8.50. The molecule has 76 valence electrons. The maximum atomic E-state index is 10.4. The summed E-state index contributed by atoms with van der Waals surface area (Å²) >= 11 is 0. The van der Waals surface area contributed by atoms with Crippen molar-refractivity contribution in [2.24, 2.45) is 0 Å². The summed E-state index contributed by atoms with van der Waals surface area (Å²) in [6.07, 6.45) is 5.58. The molecule has 14 heavy (non-hydrogen) atoms. The Morgan fingerprint density at radius 2 is 1.50 bits per heavy atom. The van der Waals surface area contributed by atoms with Crippen LogP contribution in [0.15, 0.2) is 24.3 Å². The summed E-state index contributed by atoms with van der Waals surface area (Å²) in [5, 5.41) is 0. The molecule has 0 aromatic rings. The van der Waals surface area contributed by atoms with Crippen LogP contribution in [0.5, 0.6) is 0 Å². The lowest BCUT2D eigenvalue weighted by Gasteiger charge is -1.84. The normalized spacial score (nSPS) is 14.4. The van der Waals surface area contributed by atoms with Gasteiger partial charge >= 0.3 is 16.1 Å². The van der Waals surface area contributed by atoms with Gasteiger partial charge in [0.05, 0.1) is 0 Å². The zero-order chi connectivity index (χ0) is 11.2. The lowest BCUT2D eigenvalue weighted by Crippen LogP contribution is -1.99. The van der Waals surface area contributed by atoms with Crippen molar-refractivity contribution in [3.63, 3.8) is 0 Å². The van der Waals surface area contributed by atoms with E-state index in [1.54, 1.807) is 0 Å². The van der Waals surface area contributed by atoms with Gasteiger partial charge in [-0.3, -0.25) is 13.9 Å². The SMILES string of the molecule is O=S(=O)(O)O.[N-]=[N+]=C1C=CC(=O)C=C1. The van der Waals surface area contributed by atoms with Gasteiger partial charge in [0, 0.05) is 12.2 Å². The molecule has 0 heterocycles. The van der Waals surface area contributed by atoms with Gasteiger partial charge in [-0.1, -0.05) is 0 Å². The molecule has 0 aromatic carbocycles. The molecular formula is C6H6N2O5S. The molecule has 0 radical (unpaired) electrons. The van der Waals surface area contributed by atoms with Gasteiger partial charge in [-0.2, -0.15) is 13.2 Å². The van der Waals surface area contributed by atoms with Crippen LogP contribution < -0.4 is 0 Å². The molecule has 1 aliphatic rings. The molecule has 0 amide bonds. The number of nitrogens with zero attached hydrogens (tertiary/aromatic N) is 2. The smallest absolute Gasteiger partial charge is 0.361 e. The van der Waals surface area contributed by atoms with Gasteiger partial charge in [-0.25, -0.2) is 0 Å². The fourth-order valence-corrected chi connectivity index (χ4v) is 0.513. The highest BCUT2D eigenvalue weighted by molar-refractivity contribution is 7.79. The molecule has 0 fully saturated rings. The van der Waals surface area contributed by atoms with Crippen molar-refractivity contribution < 1.29 is 27.1 Å². The Labute approximate surface area is 79.6 Å². The third-order valence-corrected chi connectivity index (χ3v) is 0.952. The lowest BCUT2D eigenvalue weighted by atomic mass is 10.2. The van der Waals surface area contributed by atoms with Crippen molar-refractivity contribution >= 4 is 21.9 Å². The van der Waals surface area contributed by atoms with E-state index in [4.69, 9.17) is 23.1 Å². The van der Waals surface area contributed by atoms with Crippen LogP contribution in [0.25, 0.3) is 5.53 Å². The van der Waals surface area contributed by atoms with Crippen LogP contribution in [0.3, 0.4) is 0 Å². The number of carbonyl (C=O) groups excluding carboxylic acids is 1. The molecule has 0 bridgehead atoms. The Morgan fingerprint density at radius 3 is 1.79 bits per heavy atom. The van der Waals surface area contributed by atoms with Gasteiger partial charge in [0.15, 0.2) is 5.78 Å². The molecular weight excluding hydrogens is 212 g/mol. The molecule has 0 aliphatic heterocycles. The van der Waals surface area contributed by atoms with Crippen LogP contribution in [0.1, 0.15) is 0 Å². The number of hydrogen-bond acceptors (Lipinski definition) is 3. The molecule has 1 aliphatic carbocycles. The van der Waals surface area contributed by atoms with Crippen LogP contribution in [-0.4, -0.2) is 33.8 Å². The number of ketones is 1. The predicted molar refractivity (Wildman–Crippen MR) is 46.1 cm³/mol. The average molecular weight is 218 g/mol. The van der Waals surface area contributed by atoms with Gasteiger partial charge in [0.25, 0.3) is 0 Å². The van der Waals surface area contributed by atoms with Crippen LogP contribution in [0.4, 0.5) is 0 Å². The molecule has 0 aromatic heterocycles. The molecule has 8 heteroatoms. The summed E-state index contributed by atoms with van der Waals surface area (Å²) in [5.74, 6) is -0.0811. The summed E-state index contributed by atoms with van der Waals surface area (Å²) in [6, 6.07) is 0. The van der Waals surface area contributed by atoms with Crippen molar-refractivity contribution in [1.82, 2.24) is 0 Å². The highest BCUT2D eigenvalue weighted by Crippen LogP contribution is 1.90. The molecule has 0 atom stereocenters. The second-order valence-electron chi connectivity index (χ2n) is 2.04. The largest absolute Gasteiger partial charge is 0.394 e. The first-order valence-corrected chi connectivity index (χ1v) is 4.54. The van der Waals surface area contributed by atoms with Crippen molar-refractivity contribution in [1.29, 1.82) is 0 Å². The van der Waals surface area contributed by atoms with Gasteiger partial charge < -0.3 is 5.53 Å². The van der Waals surface area contributed by atoms with E-state index in [2.05, 4.69) is 4.79 Å². The van der Waals surface area contributed by atoms with Crippen LogP contribution >= 0.6 is 0 Å². The number of carbonyl (C=O) groups is 1. The Bertz CT molecular complexity index is 401. The van der Waals surface area contributed by atoms with Crippen LogP contribution in [-0.2, 0) is 15.2 Å². The van der Waals surface area contributed by atoms with Crippen LogP contribution in [0.2, 0.25) is 0 Å². The van der Waals surface area contributed by atoms with Crippen molar-refractivity contribution in [2.75, 3.05) is 0 Å². The molecule has 2 N–H and O–H groups in total. The Hall–Kier alpha value is -1.60. The van der Waals surface area contributed by atoms with Crippen molar-refractivity contribution in [3.05, 3.63) is 29.8 Å². The zero-order valence-corrected chi connectivity index (χ0v) is 7.55. The highest BCUT2D eigenvalue weighted by Gasteiger charge is 2.03. The van der Waals surface area contributed by atoms with E-state index in [0.29, 0.717) is 5.71 Å². The van der Waals surface area contributed by atoms with E-state index in [9.17, 15) is 4.79 Å². The van der Waals surface area contributed by atoms with Gasteiger partial charge in [0.1, 0.15) is 0 Å². The fraction of sp³-hybridized carbons (Fsp3) is 0. The molecule has 0 spiro atoms. The summed E-state index contributed by atoms with van der Waals surface area (Å²) in [7, 11) is -4.67. The quantitative estimate of drug-likeness (QED) is 0.249. The number of allylic oxidation sites excluding steroid dienone is 4. The molecule has 0 saturated heterocycles. The molecule has 0 unspecified atom stereocenters. The first kappa shape index (κ1) is 12.4. The minimum absolute atomic E-state index is 0.0811. The Kier molecular flexibility index (Phi) is 4.60. The summed E-state index contributed by atoms with van der Waals surface area (Å²) in [6.45, 7) is 0. The fourth-order valence-electron chi connectivity index (χ4n) is 0.513. The van der Waals surface area contributed by atoms with E-state index in [1.807, 2.05) is 0 Å². The van der Waals surface area contributed by atoms with Crippen LogP contribution in [0, 0.1) is 0 Å². The van der Waals surface area contributed by atoms with Gasteiger partial charge in [-0.15, -0.1) is 0 Å². The summed E-state index contributed by atoms with van der Waals surface area (Å²) < 4.78 is 31.6. The maximum absolute atomic E-state index is 10.4. The topological polar surface area (TPSA) is 128 Å². The van der Waals surface area contributed by atoms with Crippen molar-refractivity contribution in [3.8, 4) is 0 Å². The maximum Gasteiger partial charge on any atom is 0.394 e. The van der Waals surface area contributed by atoms with E-state index in [-0.39, 0.29) is 5.78 Å². The summed E-state index contributed by atoms with van der Waals surface area (Å²) in [5.41, 5.74) is 8.55. The van der Waals surface area contributed by atoms with E-state index < -0.39 is 10.4 Å². The van der Waals surface area contributed by atoms with E-state index >= 15 is 0 Å². The van der Waals surface area contributed by atoms with E-state index in [0.717, 1.165) is 0 Å². The lowest BCUT2D eigenvalue weighted by molar-refractivity contribution is -0.110. The standard InChI is InChI=1S/C6H4N2O.H2O4S/c7-8-5-1-3-6(9)4-2-5;1-5(2,3)4/h1-4H;(H2,1,2,3,4). The summed E-state index contributed by atoms with van der Waals surface area (Å²) in [4.78, 5) is 13.3. The second kappa shape index (κ2) is 5.20. The minimum Gasteiger partial charge on any atom is -0.361 e. The van der Waals surface area contributed by atoms with E-state index in [1.165, 1.54) is 24.3 Å². The third-order valence-electron chi connectivity index (χ3n) is 0.952. The molecule has 0 saturated carbocycles. The molecule has 7 nitrogen and oxygen atoms in total. The monoisotopic (exact) mass is 218 g/mol. The van der Waals surface area contributed by atoms with Crippen molar-refractivity contribution in [2.45, 2.75) is 0 Å². The zero-order valence-electron chi connectivity index (χ0n) is 6.73. The first-order valence-electron chi connectivity index (χ1n) is 3.15. The first-order chi connectivity index (χ1) is 6.33. The second-order valence-corrected chi connectivity index (χ2v) is 2.94. The Morgan fingerprint density at radius 1 is 1.14 bits per heavy atom. The minimum atomic E-state index is -4.67. The predicted octanol–water partition coefficient (Wildman–Crippen LogP) is -0.300. The number of hydrogen-bond donors (Lipinski definition) is 2. The average Bonchev–Trinajstić information content (AvgIpc) is 2.03. The Balaban J connectivity index is 0.000000292.